The molecule has 2 N–H and O–H groups in total. The van der Waals surface area contributed by atoms with Crippen molar-refractivity contribution in [2.75, 3.05) is 73.2 Å². The second-order valence-corrected chi connectivity index (χ2v) is 8.89. The van der Waals surface area contributed by atoms with E-state index in [1.165, 1.54) is 5.56 Å². The lowest BCUT2D eigenvalue weighted by molar-refractivity contribution is -0.140. The highest BCUT2D eigenvalue weighted by molar-refractivity contribution is 5.89. The Hall–Kier alpha value is -2.13. The van der Waals surface area contributed by atoms with Crippen molar-refractivity contribution in [3.8, 4) is 5.75 Å². The molecule has 0 saturated carbocycles. The van der Waals surface area contributed by atoms with Gasteiger partial charge < -0.3 is 29.4 Å². The summed E-state index contributed by atoms with van der Waals surface area (Å²) in [5.74, 6) is 0.869. The maximum atomic E-state index is 13.4. The van der Waals surface area contributed by atoms with Gasteiger partial charge in [-0.2, -0.15) is 0 Å². The number of methoxy groups -OCH3 is 1. The summed E-state index contributed by atoms with van der Waals surface area (Å²) in [5, 5.41) is 11.5. The van der Waals surface area contributed by atoms with Crippen molar-refractivity contribution >= 4 is 16.8 Å². The van der Waals surface area contributed by atoms with Gasteiger partial charge in [-0.15, -0.1) is 0 Å². The van der Waals surface area contributed by atoms with E-state index in [1.807, 2.05) is 17.0 Å². The Morgan fingerprint density at radius 3 is 2.73 bits per heavy atom. The van der Waals surface area contributed by atoms with Crippen LogP contribution >= 0.6 is 0 Å². The Kier molecular flexibility index (Phi) is 4.97. The number of likely N-dealkylation sites (N-methyl/N-ethyl adjacent to an activating group) is 1. The number of aromatic nitrogens is 1. The van der Waals surface area contributed by atoms with E-state index in [0.717, 1.165) is 48.5 Å². The average Bonchev–Trinajstić information content (AvgIpc) is 3.12. The molecule has 1 atom stereocenters. The molecule has 8 nitrogen and oxygen atoms in total. The highest BCUT2D eigenvalue weighted by atomic mass is 16.5. The lowest BCUT2D eigenvalue weighted by atomic mass is 9.69. The third kappa shape index (κ3) is 3.10. The molecule has 4 heterocycles. The van der Waals surface area contributed by atoms with E-state index in [2.05, 4.69) is 27.9 Å². The van der Waals surface area contributed by atoms with Crippen LogP contribution in [0.5, 0.6) is 5.75 Å². The normalized spacial score (nSPS) is 24.1. The quantitative estimate of drug-likeness (QED) is 0.761. The third-order valence-electron chi connectivity index (χ3n) is 6.85. The van der Waals surface area contributed by atoms with Crippen LogP contribution in [-0.2, 0) is 14.9 Å². The first-order valence-corrected chi connectivity index (χ1v) is 10.6. The molecule has 1 aromatic carbocycles. The number of H-pyrrole nitrogens is 1. The van der Waals surface area contributed by atoms with Gasteiger partial charge in [0, 0.05) is 60.8 Å². The van der Waals surface area contributed by atoms with Gasteiger partial charge in [-0.3, -0.25) is 9.69 Å². The Morgan fingerprint density at radius 2 is 2.07 bits per heavy atom. The van der Waals surface area contributed by atoms with Crippen molar-refractivity contribution in [2.24, 2.45) is 0 Å². The average molecular weight is 415 g/mol. The van der Waals surface area contributed by atoms with Crippen LogP contribution in [0.4, 0.5) is 0 Å². The number of nitrogens with one attached hydrogen (secondary N) is 1. The number of likely N-dealkylation sites (tertiary alicyclic amines) is 1. The van der Waals surface area contributed by atoms with Crippen LogP contribution in [0.1, 0.15) is 17.3 Å². The number of carbonyl (C=O) groups excluding carboxylic acids is 1. The first-order chi connectivity index (χ1) is 14.5. The number of aliphatic hydroxyl groups excluding tert-OH is 1. The lowest BCUT2D eigenvalue weighted by Gasteiger charge is -2.55. The molecule has 1 spiro atoms. The minimum atomic E-state index is -0.358. The first kappa shape index (κ1) is 19.8. The van der Waals surface area contributed by atoms with E-state index >= 15 is 0 Å². The Bertz CT molecular complexity index is 946. The molecular formula is C22H30N4O4. The second-order valence-electron chi connectivity index (χ2n) is 8.89. The summed E-state index contributed by atoms with van der Waals surface area (Å²) in [4.78, 5) is 23.2. The van der Waals surface area contributed by atoms with Crippen LogP contribution in [-0.4, -0.2) is 104 Å². The van der Waals surface area contributed by atoms with Crippen LogP contribution in [0.15, 0.2) is 18.2 Å². The summed E-state index contributed by atoms with van der Waals surface area (Å²) in [5.41, 5.74) is 3.11. The van der Waals surface area contributed by atoms with Gasteiger partial charge in [-0.1, -0.05) is 0 Å². The van der Waals surface area contributed by atoms with Gasteiger partial charge in [0.1, 0.15) is 5.75 Å². The van der Waals surface area contributed by atoms with Crippen LogP contribution in [0.25, 0.3) is 10.9 Å². The molecule has 1 aromatic heterocycles. The van der Waals surface area contributed by atoms with Crippen LogP contribution in [0.3, 0.4) is 0 Å². The van der Waals surface area contributed by atoms with Crippen molar-refractivity contribution in [3.05, 3.63) is 29.5 Å². The maximum absolute atomic E-state index is 13.4. The zero-order valence-electron chi connectivity index (χ0n) is 17.7. The maximum Gasteiger partial charge on any atom is 0.237 e. The number of benzene rings is 1. The SMILES string of the molecule is COc1ccc2c3c([nH]c2c1)[C@@H](CO)N(C(=O)CN1CCOCC1)CC31CN(C)C1. The monoisotopic (exact) mass is 414 g/mol. The molecule has 3 aliphatic rings. The van der Waals surface area contributed by atoms with E-state index in [9.17, 15) is 9.90 Å². The molecular weight excluding hydrogens is 384 g/mol. The fourth-order valence-corrected chi connectivity index (χ4v) is 5.56. The number of amides is 1. The van der Waals surface area contributed by atoms with E-state index in [0.29, 0.717) is 26.3 Å². The molecule has 162 valence electrons. The Labute approximate surface area is 176 Å². The van der Waals surface area contributed by atoms with Gasteiger partial charge >= 0.3 is 0 Å². The lowest BCUT2D eigenvalue weighted by Crippen LogP contribution is -2.66. The number of fused-ring (bicyclic) bond motifs is 4. The molecule has 1 amide bonds. The highest BCUT2D eigenvalue weighted by Gasteiger charge is 2.52. The molecule has 0 bridgehead atoms. The van der Waals surface area contributed by atoms with E-state index in [1.54, 1.807) is 7.11 Å². The molecule has 2 saturated heterocycles. The Balaban J connectivity index is 1.54. The molecule has 0 radical (unpaired) electrons. The number of morpholine rings is 1. The molecule has 0 aliphatic carbocycles. The highest BCUT2D eigenvalue weighted by Crippen LogP contribution is 2.48. The van der Waals surface area contributed by atoms with Gasteiger partial charge in [0.15, 0.2) is 0 Å². The van der Waals surface area contributed by atoms with Crippen molar-refractivity contribution in [1.29, 1.82) is 0 Å². The number of rotatable bonds is 4. The summed E-state index contributed by atoms with van der Waals surface area (Å²) in [7, 11) is 3.77. The fourth-order valence-electron chi connectivity index (χ4n) is 5.56. The number of nitrogens with zero attached hydrogens (tertiary/aromatic N) is 3. The topological polar surface area (TPSA) is 81.3 Å². The summed E-state index contributed by atoms with van der Waals surface area (Å²) in [6.45, 7) is 5.59. The number of aromatic amines is 1. The molecule has 5 rings (SSSR count). The zero-order valence-corrected chi connectivity index (χ0v) is 17.7. The molecule has 2 aromatic rings. The van der Waals surface area contributed by atoms with Crippen LogP contribution in [0, 0.1) is 0 Å². The van der Waals surface area contributed by atoms with Crippen molar-refractivity contribution in [3.63, 3.8) is 0 Å². The largest absolute Gasteiger partial charge is 0.497 e. The van der Waals surface area contributed by atoms with Gasteiger partial charge in [0.2, 0.25) is 5.91 Å². The smallest absolute Gasteiger partial charge is 0.237 e. The van der Waals surface area contributed by atoms with E-state index in [-0.39, 0.29) is 24.0 Å². The summed E-state index contributed by atoms with van der Waals surface area (Å²) < 4.78 is 10.8. The molecule has 3 aliphatic heterocycles. The predicted molar refractivity (Wildman–Crippen MR) is 113 cm³/mol. The third-order valence-corrected chi connectivity index (χ3v) is 6.85. The molecule has 30 heavy (non-hydrogen) atoms. The van der Waals surface area contributed by atoms with E-state index in [4.69, 9.17) is 9.47 Å². The summed E-state index contributed by atoms with van der Waals surface area (Å²) >= 11 is 0. The number of carbonyl (C=O) groups is 1. The predicted octanol–water partition coefficient (Wildman–Crippen LogP) is 0.568. The van der Waals surface area contributed by atoms with Gasteiger partial charge in [-0.05, 0) is 24.7 Å². The Morgan fingerprint density at radius 1 is 1.30 bits per heavy atom. The fraction of sp³-hybridized carbons (Fsp3) is 0.591. The van der Waals surface area contributed by atoms with Crippen molar-refractivity contribution in [1.82, 2.24) is 19.7 Å². The molecule has 8 heteroatoms. The second kappa shape index (κ2) is 7.53. The van der Waals surface area contributed by atoms with Crippen LogP contribution in [0.2, 0.25) is 0 Å². The number of ether oxygens (including phenoxy) is 2. The zero-order chi connectivity index (χ0) is 20.9. The number of hydrogen-bond acceptors (Lipinski definition) is 6. The van der Waals surface area contributed by atoms with E-state index < -0.39 is 0 Å². The van der Waals surface area contributed by atoms with Crippen LogP contribution < -0.4 is 4.74 Å². The first-order valence-electron chi connectivity index (χ1n) is 10.6. The summed E-state index contributed by atoms with van der Waals surface area (Å²) in [6.07, 6.45) is 0. The minimum absolute atomic E-state index is 0.0757. The van der Waals surface area contributed by atoms with Crippen molar-refractivity contribution < 1.29 is 19.4 Å². The molecule has 0 unspecified atom stereocenters. The van der Waals surface area contributed by atoms with Gasteiger partial charge in [-0.25, -0.2) is 0 Å². The standard InChI is InChI=1S/C22H30N4O4/c1-24-12-22(13-24)14-26(19(28)10-25-5-7-30-8-6-25)18(11-27)21-20(22)16-4-3-15(29-2)9-17(16)23-21/h3-4,9,18,23,27H,5-8,10-14H2,1-2H3/t18-/m1/s1. The van der Waals surface area contributed by atoms with Gasteiger partial charge in [0.05, 0.1) is 39.5 Å². The van der Waals surface area contributed by atoms with Gasteiger partial charge in [0.25, 0.3) is 0 Å². The molecule has 2 fully saturated rings. The number of hydrogen-bond donors (Lipinski definition) is 2. The van der Waals surface area contributed by atoms with Crippen molar-refractivity contribution in [2.45, 2.75) is 11.5 Å². The number of aliphatic hydroxyl groups is 1. The minimum Gasteiger partial charge on any atom is -0.497 e. The summed E-state index contributed by atoms with van der Waals surface area (Å²) in [6, 6.07) is 5.72.